The van der Waals surface area contributed by atoms with E-state index >= 15 is 0 Å². The molecule has 0 bridgehead atoms. The zero-order valence-corrected chi connectivity index (χ0v) is 16.8. The smallest absolute Gasteiger partial charge is 0.870 e. The van der Waals surface area contributed by atoms with Crippen molar-refractivity contribution in [2.75, 3.05) is 0 Å². The first-order valence-corrected chi connectivity index (χ1v) is 9.83. The maximum absolute atomic E-state index is 8.52. The van der Waals surface area contributed by atoms with Gasteiger partial charge in [0, 0.05) is 10.4 Å². The third-order valence-corrected chi connectivity index (χ3v) is 3.41. The summed E-state index contributed by atoms with van der Waals surface area (Å²) in [7, 11) is -5.17. The fourth-order valence-corrected chi connectivity index (χ4v) is 2.24. The molecule has 0 amide bonds. The number of rotatable bonds is 10. The quantitative estimate of drug-likeness (QED) is 0.264. The summed E-state index contributed by atoms with van der Waals surface area (Å²) >= 11 is 1.41. The van der Waals surface area contributed by atoms with Crippen molar-refractivity contribution in [2.24, 2.45) is 0 Å². The molecule has 0 radical (unpaired) electrons. The Kier molecular flexibility index (Phi) is 33.3. The van der Waals surface area contributed by atoms with Crippen LogP contribution >= 0.6 is 0 Å². The predicted molar refractivity (Wildman–Crippen MR) is 80.6 cm³/mol. The Hall–Kier alpha value is 1.36. The second-order valence-electron chi connectivity index (χ2n) is 4.59. The molecule has 0 spiro atoms. The largest absolute Gasteiger partial charge is 3.00 e. The summed E-state index contributed by atoms with van der Waals surface area (Å²) in [4.78, 5) is 0. The van der Waals surface area contributed by atoms with E-state index in [2.05, 4.69) is 6.92 Å². The summed E-state index contributed by atoms with van der Waals surface area (Å²) in [5, 5.41) is 0. The van der Waals surface area contributed by atoms with Gasteiger partial charge in [0.2, 0.25) is 0 Å². The van der Waals surface area contributed by atoms with E-state index < -0.39 is 10.4 Å². The maximum Gasteiger partial charge on any atom is 3.00 e. The van der Waals surface area contributed by atoms with Crippen LogP contribution in [0.3, 0.4) is 0 Å². The van der Waals surface area contributed by atoms with Crippen molar-refractivity contribution in [3.05, 3.63) is 0 Å². The van der Waals surface area contributed by atoms with Gasteiger partial charge in [-0.15, -0.1) is 0 Å². The van der Waals surface area contributed by atoms with Crippen molar-refractivity contribution >= 4 is 55.7 Å². The standard InChI is InChI=1S/C12H25.Al.Na.H2O4S.H2O/c1-3-5-7-9-11-12-10-8-6-4-2;;;1-5(2,3)4;/h1,3-12H2,2H3;;;(H2,1,2,3,4);1H2/q;+3;;;/p-3. The molecular weight excluding hydrogens is 306 g/mol. The summed E-state index contributed by atoms with van der Waals surface area (Å²) in [6.45, 7) is 2.29. The Balaban J connectivity index is -0.000000158. The maximum atomic E-state index is 8.52. The molecule has 0 aliphatic rings. The van der Waals surface area contributed by atoms with Gasteiger partial charge in [-0.1, -0.05) is 0 Å². The third-order valence-electron chi connectivity index (χ3n) is 2.71. The average Bonchev–Trinajstić information content (AvgIpc) is 2.25. The Bertz CT molecular complexity index is 232. The number of unbranched alkanes of at least 4 members (excludes halogenated alkanes) is 9. The van der Waals surface area contributed by atoms with Gasteiger partial charge in [-0.25, -0.2) is 0 Å². The van der Waals surface area contributed by atoms with Gasteiger partial charge in [0.25, 0.3) is 0 Å². The SMILES string of the molecule is CCCCCCCCCCC[CH2][Na].O=S(=O)([O-])[O-].[Al+3].[OH-]. The Morgan fingerprint density at radius 1 is 0.800 bits per heavy atom. The van der Waals surface area contributed by atoms with Crippen LogP contribution in [0, 0.1) is 0 Å². The average molecular weight is 332 g/mol. The molecule has 0 unspecified atom stereocenters. The molecule has 0 rings (SSSR count). The van der Waals surface area contributed by atoms with Crippen molar-refractivity contribution < 1.29 is 23.0 Å². The molecule has 0 aromatic rings. The zero-order valence-electron chi connectivity index (χ0n) is 12.8. The van der Waals surface area contributed by atoms with E-state index in [0.717, 1.165) is 0 Å². The first-order valence-electron chi connectivity index (χ1n) is 7.08. The van der Waals surface area contributed by atoms with E-state index in [-0.39, 0.29) is 22.8 Å². The third kappa shape index (κ3) is 50.6. The molecule has 5 nitrogen and oxygen atoms in total. The van der Waals surface area contributed by atoms with Crippen molar-refractivity contribution in [3.63, 3.8) is 0 Å². The van der Waals surface area contributed by atoms with Gasteiger partial charge in [-0.2, -0.15) is 0 Å². The zero-order chi connectivity index (χ0) is 14.3. The van der Waals surface area contributed by atoms with Gasteiger partial charge in [-0.05, 0) is 0 Å². The molecule has 0 aromatic carbocycles. The second-order valence-corrected chi connectivity index (χ2v) is 6.41. The molecule has 0 saturated carbocycles. The minimum absolute atomic E-state index is 0. The molecule has 0 aliphatic heterocycles. The normalized spacial score (nSPS) is 9.85. The topological polar surface area (TPSA) is 110 Å². The number of hydrogen-bond acceptors (Lipinski definition) is 5. The summed E-state index contributed by atoms with van der Waals surface area (Å²) in [6.07, 6.45) is 14.7. The molecular formula is C12H26AlNaO5S. The monoisotopic (exact) mass is 332 g/mol. The summed E-state index contributed by atoms with van der Waals surface area (Å²) in [6, 6.07) is 0. The van der Waals surface area contributed by atoms with Crippen LogP contribution in [0.1, 0.15) is 71.1 Å². The molecule has 0 aromatic heterocycles. The van der Waals surface area contributed by atoms with Crippen LogP contribution < -0.4 is 0 Å². The molecule has 0 aliphatic carbocycles. The van der Waals surface area contributed by atoms with E-state index in [1.165, 1.54) is 95.8 Å². The molecule has 0 saturated heterocycles. The predicted octanol–water partition coefficient (Wildman–Crippen LogP) is 2.60. The van der Waals surface area contributed by atoms with Gasteiger partial charge >= 0.3 is 120 Å². The van der Waals surface area contributed by atoms with Gasteiger partial charge in [0.05, 0.1) is 0 Å². The van der Waals surface area contributed by atoms with Gasteiger partial charge in [-0.3, -0.25) is 8.42 Å². The van der Waals surface area contributed by atoms with Crippen LogP contribution in [0.15, 0.2) is 0 Å². The van der Waals surface area contributed by atoms with Gasteiger partial charge < -0.3 is 14.6 Å². The molecule has 0 fully saturated rings. The summed E-state index contributed by atoms with van der Waals surface area (Å²) in [5.74, 6) is 0. The van der Waals surface area contributed by atoms with Crippen molar-refractivity contribution in [2.45, 2.75) is 74.8 Å². The van der Waals surface area contributed by atoms with Gasteiger partial charge in [0.15, 0.2) is 0 Å². The van der Waals surface area contributed by atoms with Crippen LogP contribution in [0.2, 0.25) is 3.67 Å². The van der Waals surface area contributed by atoms with E-state index in [1.54, 1.807) is 0 Å². The summed E-state index contributed by atoms with van der Waals surface area (Å²) < 4.78 is 35.6. The molecule has 8 heteroatoms. The van der Waals surface area contributed by atoms with E-state index in [0.29, 0.717) is 0 Å². The van der Waals surface area contributed by atoms with Crippen LogP contribution in [-0.2, 0) is 10.4 Å². The van der Waals surface area contributed by atoms with E-state index in [4.69, 9.17) is 17.5 Å². The first kappa shape index (κ1) is 29.4. The molecule has 0 heterocycles. The van der Waals surface area contributed by atoms with Gasteiger partial charge in [0.1, 0.15) is 0 Å². The van der Waals surface area contributed by atoms with Crippen molar-refractivity contribution in [1.82, 2.24) is 0 Å². The Labute approximate surface area is 152 Å². The van der Waals surface area contributed by atoms with Crippen LogP contribution in [0.5, 0.6) is 0 Å². The molecule has 114 valence electrons. The molecule has 0 atom stereocenters. The minimum Gasteiger partial charge on any atom is -0.870 e. The van der Waals surface area contributed by atoms with Crippen molar-refractivity contribution in [3.8, 4) is 0 Å². The fourth-order valence-electron chi connectivity index (χ4n) is 1.74. The fraction of sp³-hybridized carbons (Fsp3) is 1.00. The Morgan fingerprint density at radius 3 is 1.30 bits per heavy atom. The van der Waals surface area contributed by atoms with Crippen LogP contribution in [0.25, 0.3) is 0 Å². The van der Waals surface area contributed by atoms with Crippen LogP contribution in [0.4, 0.5) is 0 Å². The van der Waals surface area contributed by atoms with Crippen molar-refractivity contribution in [1.29, 1.82) is 0 Å². The Morgan fingerprint density at radius 2 is 1.05 bits per heavy atom. The second kappa shape index (κ2) is 22.6. The molecule has 1 N–H and O–H groups in total. The van der Waals surface area contributed by atoms with E-state index in [9.17, 15) is 0 Å². The van der Waals surface area contributed by atoms with E-state index in [1.807, 2.05) is 0 Å². The minimum atomic E-state index is -5.17. The first-order chi connectivity index (χ1) is 8.41. The van der Waals surface area contributed by atoms with Crippen LogP contribution in [-0.4, -0.2) is 68.3 Å². The number of hydrogen-bond donors (Lipinski definition) is 0. The molecule has 20 heavy (non-hydrogen) atoms. The summed E-state index contributed by atoms with van der Waals surface area (Å²) in [5.41, 5.74) is 0.